The molecule has 2 aromatic heterocycles. The second-order valence-corrected chi connectivity index (χ2v) is 5.86. The summed E-state index contributed by atoms with van der Waals surface area (Å²) < 4.78 is 1.54. The van der Waals surface area contributed by atoms with Crippen molar-refractivity contribution < 1.29 is 4.79 Å². The summed E-state index contributed by atoms with van der Waals surface area (Å²) in [6.45, 7) is 0. The van der Waals surface area contributed by atoms with Crippen molar-refractivity contribution in [2.24, 2.45) is 7.05 Å². The predicted octanol–water partition coefficient (Wildman–Crippen LogP) is 2.06. The van der Waals surface area contributed by atoms with Gasteiger partial charge >= 0.3 is 0 Å². The van der Waals surface area contributed by atoms with E-state index >= 15 is 0 Å². The van der Waals surface area contributed by atoms with E-state index in [0.717, 1.165) is 11.1 Å². The minimum absolute atomic E-state index is 0.0558. The first-order valence-corrected chi connectivity index (χ1v) is 7.99. The molecule has 3 aromatic rings. The van der Waals surface area contributed by atoms with E-state index < -0.39 is 0 Å². The van der Waals surface area contributed by atoms with E-state index in [4.69, 9.17) is 17.3 Å². The van der Waals surface area contributed by atoms with Crippen LogP contribution < -0.4 is 11.1 Å². The number of carbonyl (C=O) groups excluding carboxylic acids is 1. The summed E-state index contributed by atoms with van der Waals surface area (Å²) >= 11 is 6.00. The third-order valence-electron chi connectivity index (χ3n) is 3.77. The number of rotatable bonds is 4. The maximum absolute atomic E-state index is 12.4. The molecule has 8 heteroatoms. The van der Waals surface area contributed by atoms with E-state index in [2.05, 4.69) is 20.4 Å². The van der Waals surface area contributed by atoms with Gasteiger partial charge in [0.05, 0.1) is 5.69 Å². The van der Waals surface area contributed by atoms with Crippen molar-refractivity contribution in [3.63, 3.8) is 0 Å². The van der Waals surface area contributed by atoms with Crippen molar-refractivity contribution in [3.05, 3.63) is 58.4 Å². The van der Waals surface area contributed by atoms with Gasteiger partial charge in [-0.05, 0) is 5.56 Å². The van der Waals surface area contributed by atoms with Gasteiger partial charge in [-0.2, -0.15) is 5.10 Å². The molecule has 7 nitrogen and oxygen atoms in total. The fourth-order valence-corrected chi connectivity index (χ4v) is 2.89. The van der Waals surface area contributed by atoms with Crippen molar-refractivity contribution in [3.8, 4) is 11.4 Å². The Bertz CT molecular complexity index is 902. The Labute approximate surface area is 149 Å². The summed E-state index contributed by atoms with van der Waals surface area (Å²) in [5.74, 6) is -0.166. The summed E-state index contributed by atoms with van der Waals surface area (Å²) in [4.78, 5) is 20.5. The van der Waals surface area contributed by atoms with Gasteiger partial charge in [-0.1, -0.05) is 41.9 Å². The Morgan fingerprint density at radius 1 is 1.28 bits per heavy atom. The van der Waals surface area contributed by atoms with E-state index in [1.165, 1.54) is 0 Å². The number of benzene rings is 1. The Kier molecular flexibility index (Phi) is 4.67. The molecule has 0 bridgehead atoms. The molecule has 2 heterocycles. The van der Waals surface area contributed by atoms with Crippen LogP contribution in [0.15, 0.2) is 36.4 Å². The number of nitrogens with one attached hydrogen (secondary N) is 1. The number of carbonyl (C=O) groups is 1. The SMILES string of the molecule is CNC(=O)c1c(Cc2ccccc2)c(-c2cc(Cl)nc(N)n2)nn1C. The predicted molar refractivity (Wildman–Crippen MR) is 96.3 cm³/mol. The van der Waals surface area contributed by atoms with Crippen molar-refractivity contribution in [1.82, 2.24) is 25.1 Å². The van der Waals surface area contributed by atoms with E-state index in [1.54, 1.807) is 24.8 Å². The molecule has 1 aromatic carbocycles. The molecule has 0 saturated carbocycles. The van der Waals surface area contributed by atoms with E-state index in [0.29, 0.717) is 23.5 Å². The van der Waals surface area contributed by atoms with E-state index in [1.807, 2.05) is 30.3 Å². The van der Waals surface area contributed by atoms with Crippen LogP contribution in [-0.2, 0) is 13.5 Å². The average molecular weight is 357 g/mol. The second-order valence-electron chi connectivity index (χ2n) is 5.47. The lowest BCUT2D eigenvalue weighted by molar-refractivity contribution is 0.0953. The van der Waals surface area contributed by atoms with Gasteiger partial charge in [0.1, 0.15) is 16.5 Å². The molecule has 25 heavy (non-hydrogen) atoms. The second kappa shape index (κ2) is 6.90. The molecule has 0 radical (unpaired) electrons. The summed E-state index contributed by atoms with van der Waals surface area (Å²) in [6, 6.07) is 11.4. The minimum Gasteiger partial charge on any atom is -0.368 e. The Morgan fingerprint density at radius 3 is 2.64 bits per heavy atom. The summed E-state index contributed by atoms with van der Waals surface area (Å²) in [7, 11) is 3.30. The van der Waals surface area contributed by atoms with Crippen LogP contribution in [0.5, 0.6) is 0 Å². The quantitative estimate of drug-likeness (QED) is 0.697. The van der Waals surface area contributed by atoms with Gasteiger partial charge < -0.3 is 11.1 Å². The van der Waals surface area contributed by atoms with Gasteiger partial charge in [-0.15, -0.1) is 0 Å². The van der Waals surface area contributed by atoms with Crippen LogP contribution in [0.1, 0.15) is 21.6 Å². The highest BCUT2D eigenvalue weighted by molar-refractivity contribution is 6.29. The molecule has 3 rings (SSSR count). The van der Waals surface area contributed by atoms with Gasteiger partial charge in [0.25, 0.3) is 5.91 Å². The van der Waals surface area contributed by atoms with Gasteiger partial charge in [0.15, 0.2) is 0 Å². The first kappa shape index (κ1) is 16.9. The monoisotopic (exact) mass is 356 g/mol. The number of amides is 1. The fourth-order valence-electron chi connectivity index (χ4n) is 2.70. The summed E-state index contributed by atoms with van der Waals surface area (Å²) in [5, 5.41) is 7.35. The Morgan fingerprint density at radius 2 is 2.00 bits per heavy atom. The zero-order chi connectivity index (χ0) is 18.0. The molecular formula is C17H17ClN6O. The first-order chi connectivity index (χ1) is 12.0. The number of hydrogen-bond acceptors (Lipinski definition) is 5. The Hall–Kier alpha value is -2.93. The molecule has 0 saturated heterocycles. The van der Waals surface area contributed by atoms with Gasteiger partial charge in [-0.25, -0.2) is 9.97 Å². The topological polar surface area (TPSA) is 98.7 Å². The van der Waals surface area contributed by atoms with Gasteiger partial charge in [0, 0.05) is 32.1 Å². The first-order valence-electron chi connectivity index (χ1n) is 7.62. The van der Waals surface area contributed by atoms with Crippen molar-refractivity contribution in [2.45, 2.75) is 6.42 Å². The molecule has 0 aliphatic carbocycles. The number of hydrogen-bond donors (Lipinski definition) is 2. The van der Waals surface area contributed by atoms with Crippen LogP contribution in [0.4, 0.5) is 5.95 Å². The fraction of sp³-hybridized carbons (Fsp3) is 0.176. The zero-order valence-electron chi connectivity index (χ0n) is 13.8. The lowest BCUT2D eigenvalue weighted by Crippen LogP contribution is -2.22. The largest absolute Gasteiger partial charge is 0.368 e. The highest BCUT2D eigenvalue weighted by atomic mass is 35.5. The molecule has 0 unspecified atom stereocenters. The lowest BCUT2D eigenvalue weighted by atomic mass is 10.0. The van der Waals surface area contributed by atoms with Gasteiger partial charge in [0.2, 0.25) is 5.95 Å². The number of nitrogens with two attached hydrogens (primary N) is 1. The number of aryl methyl sites for hydroxylation is 1. The van der Waals surface area contributed by atoms with Gasteiger partial charge in [-0.3, -0.25) is 9.48 Å². The highest BCUT2D eigenvalue weighted by Crippen LogP contribution is 2.28. The number of nitrogen functional groups attached to an aromatic ring is 1. The summed E-state index contributed by atoms with van der Waals surface area (Å²) in [6.07, 6.45) is 0.522. The zero-order valence-corrected chi connectivity index (χ0v) is 14.6. The molecule has 0 aliphatic heterocycles. The van der Waals surface area contributed by atoms with Crippen molar-refractivity contribution >= 4 is 23.5 Å². The molecule has 128 valence electrons. The van der Waals surface area contributed by atoms with E-state index in [9.17, 15) is 4.79 Å². The lowest BCUT2D eigenvalue weighted by Gasteiger charge is -2.07. The van der Waals surface area contributed by atoms with Crippen LogP contribution in [-0.4, -0.2) is 32.7 Å². The summed E-state index contributed by atoms with van der Waals surface area (Å²) in [5.41, 5.74) is 9.02. The normalized spacial score (nSPS) is 10.7. The van der Waals surface area contributed by atoms with Crippen LogP contribution >= 0.6 is 11.6 Å². The molecule has 0 spiro atoms. The molecule has 1 amide bonds. The molecule has 0 atom stereocenters. The third kappa shape index (κ3) is 3.46. The number of nitrogens with zero attached hydrogens (tertiary/aromatic N) is 4. The molecular weight excluding hydrogens is 340 g/mol. The maximum atomic E-state index is 12.4. The van der Waals surface area contributed by atoms with Crippen molar-refractivity contribution in [1.29, 1.82) is 0 Å². The molecule has 0 fully saturated rings. The molecule has 3 N–H and O–H groups in total. The van der Waals surface area contributed by atoms with Crippen LogP contribution in [0, 0.1) is 0 Å². The third-order valence-corrected chi connectivity index (χ3v) is 3.96. The number of anilines is 1. The number of aromatic nitrogens is 4. The smallest absolute Gasteiger partial charge is 0.269 e. The average Bonchev–Trinajstić information content (AvgIpc) is 2.90. The standard InChI is InChI=1S/C17H17ClN6O/c1-20-16(25)15-11(8-10-6-4-3-5-7-10)14(23-24(15)2)12-9-13(18)22-17(19)21-12/h3-7,9H,8H2,1-2H3,(H,20,25)(H2,19,21,22). The minimum atomic E-state index is -0.222. The van der Waals surface area contributed by atoms with Crippen molar-refractivity contribution in [2.75, 3.05) is 12.8 Å². The van der Waals surface area contributed by atoms with Crippen LogP contribution in [0.25, 0.3) is 11.4 Å². The molecule has 0 aliphatic rings. The Balaban J connectivity index is 2.19. The van der Waals surface area contributed by atoms with Crippen LogP contribution in [0.3, 0.4) is 0 Å². The number of halogens is 1. The highest BCUT2D eigenvalue weighted by Gasteiger charge is 2.23. The van der Waals surface area contributed by atoms with E-state index in [-0.39, 0.29) is 17.0 Å². The van der Waals surface area contributed by atoms with Crippen LogP contribution in [0.2, 0.25) is 5.15 Å². The maximum Gasteiger partial charge on any atom is 0.269 e.